The Morgan fingerprint density at radius 1 is 1.12 bits per heavy atom. The van der Waals surface area contributed by atoms with Crippen molar-refractivity contribution in [3.63, 3.8) is 0 Å². The van der Waals surface area contributed by atoms with Gasteiger partial charge in [-0.25, -0.2) is 13.4 Å². The van der Waals surface area contributed by atoms with Crippen LogP contribution < -0.4 is 5.32 Å². The molecule has 1 aromatic heterocycles. The first-order chi connectivity index (χ1) is 15.3. The molecule has 1 fully saturated rings. The van der Waals surface area contributed by atoms with Gasteiger partial charge in [-0.3, -0.25) is 4.79 Å². The predicted molar refractivity (Wildman–Crippen MR) is 126 cm³/mol. The highest BCUT2D eigenvalue weighted by molar-refractivity contribution is 8.00. The average Bonchev–Trinajstić information content (AvgIpc) is 2.80. The molecule has 0 aliphatic carbocycles. The largest absolute Gasteiger partial charge is 0.379 e. The summed E-state index contributed by atoms with van der Waals surface area (Å²) in [5, 5.41) is 4.05. The molecular weight excluding hydrogens is 446 g/mol. The number of sulfonamides is 1. The quantitative estimate of drug-likeness (QED) is 0.552. The predicted octanol–water partition coefficient (Wildman–Crippen LogP) is 3.68. The fraction of sp³-hybridized carbons (Fsp3) is 0.304. The molecule has 1 unspecified atom stereocenters. The molecule has 4 rings (SSSR count). The number of anilines is 1. The van der Waals surface area contributed by atoms with E-state index in [0.717, 1.165) is 21.7 Å². The Kier molecular flexibility index (Phi) is 6.80. The van der Waals surface area contributed by atoms with Crippen molar-refractivity contribution in [1.82, 2.24) is 9.29 Å². The molecule has 1 aliphatic heterocycles. The van der Waals surface area contributed by atoms with Crippen LogP contribution in [0, 0.1) is 6.92 Å². The maximum atomic E-state index is 13.0. The monoisotopic (exact) mass is 471 g/mol. The Morgan fingerprint density at radius 3 is 2.56 bits per heavy atom. The van der Waals surface area contributed by atoms with Gasteiger partial charge in [-0.2, -0.15) is 4.31 Å². The molecule has 7 nitrogen and oxygen atoms in total. The van der Waals surface area contributed by atoms with Crippen molar-refractivity contribution in [3.05, 3.63) is 60.2 Å². The van der Waals surface area contributed by atoms with Gasteiger partial charge in [0.15, 0.2) is 0 Å². The van der Waals surface area contributed by atoms with E-state index in [0.29, 0.717) is 31.8 Å². The third-order valence-corrected chi connectivity index (χ3v) is 8.19. The summed E-state index contributed by atoms with van der Waals surface area (Å²) in [7, 11) is -3.57. The van der Waals surface area contributed by atoms with E-state index in [1.54, 1.807) is 18.2 Å². The van der Waals surface area contributed by atoms with Crippen molar-refractivity contribution >= 4 is 44.3 Å². The van der Waals surface area contributed by atoms with Crippen molar-refractivity contribution in [2.75, 3.05) is 31.6 Å². The van der Waals surface area contributed by atoms with Gasteiger partial charge >= 0.3 is 0 Å². The molecular formula is C23H25N3O4S2. The van der Waals surface area contributed by atoms with Gasteiger partial charge in [0.05, 0.1) is 33.9 Å². The number of benzene rings is 2. The zero-order valence-corrected chi connectivity index (χ0v) is 19.6. The van der Waals surface area contributed by atoms with Crippen molar-refractivity contribution in [3.8, 4) is 0 Å². The van der Waals surface area contributed by atoms with E-state index in [9.17, 15) is 13.2 Å². The van der Waals surface area contributed by atoms with E-state index in [1.807, 2.05) is 50.2 Å². The second-order valence-corrected chi connectivity index (χ2v) is 10.9. The second-order valence-electron chi connectivity index (χ2n) is 7.59. The molecule has 0 bridgehead atoms. The maximum absolute atomic E-state index is 13.0. The molecule has 3 aromatic rings. The first kappa shape index (κ1) is 22.7. The molecule has 168 valence electrons. The lowest BCUT2D eigenvalue weighted by Crippen LogP contribution is -2.40. The number of para-hydroxylation sites is 1. The summed E-state index contributed by atoms with van der Waals surface area (Å²) in [5.74, 6) is -0.104. The lowest BCUT2D eigenvalue weighted by atomic mass is 10.1. The van der Waals surface area contributed by atoms with Crippen LogP contribution in [0.1, 0.15) is 12.5 Å². The van der Waals surface area contributed by atoms with Crippen molar-refractivity contribution in [1.29, 1.82) is 0 Å². The van der Waals surface area contributed by atoms with Crippen LogP contribution in [0.25, 0.3) is 10.9 Å². The van der Waals surface area contributed by atoms with E-state index in [4.69, 9.17) is 4.74 Å². The number of thioether (sulfide) groups is 1. The van der Waals surface area contributed by atoms with E-state index < -0.39 is 10.0 Å². The number of aryl methyl sites for hydroxylation is 1. The standard InChI is InChI=1S/C23H25N3O4S2/c1-16-14-22(31-17(2)23(27)24-18-6-4-3-5-7-18)25-21-9-8-19(15-20(16)21)32(28,29)26-10-12-30-13-11-26/h3-9,14-15,17H,10-13H2,1-2H3,(H,24,27). The van der Waals surface area contributed by atoms with Crippen LogP contribution in [0.5, 0.6) is 0 Å². The fourth-order valence-corrected chi connectivity index (χ4v) is 5.86. The van der Waals surface area contributed by atoms with Gasteiger partial charge in [0.2, 0.25) is 15.9 Å². The summed E-state index contributed by atoms with van der Waals surface area (Å²) in [5.41, 5.74) is 2.36. The molecule has 2 aromatic carbocycles. The summed E-state index contributed by atoms with van der Waals surface area (Å²) in [6, 6.07) is 16.2. The number of carbonyl (C=O) groups is 1. The molecule has 1 atom stereocenters. The van der Waals surface area contributed by atoms with Crippen LogP contribution in [0.15, 0.2) is 64.5 Å². The number of amides is 1. The normalized spacial score (nSPS) is 16.1. The highest BCUT2D eigenvalue weighted by atomic mass is 32.2. The van der Waals surface area contributed by atoms with Crippen molar-refractivity contribution in [2.45, 2.75) is 29.0 Å². The molecule has 1 amide bonds. The van der Waals surface area contributed by atoms with Gasteiger partial charge in [-0.15, -0.1) is 0 Å². The summed E-state index contributed by atoms with van der Waals surface area (Å²) in [6.07, 6.45) is 0. The minimum Gasteiger partial charge on any atom is -0.379 e. The highest BCUT2D eigenvalue weighted by Crippen LogP contribution is 2.29. The third-order valence-electron chi connectivity index (χ3n) is 5.28. The molecule has 0 spiro atoms. The molecule has 9 heteroatoms. The highest BCUT2D eigenvalue weighted by Gasteiger charge is 2.26. The number of fused-ring (bicyclic) bond motifs is 1. The van der Waals surface area contributed by atoms with Crippen molar-refractivity contribution in [2.24, 2.45) is 0 Å². The number of nitrogens with zero attached hydrogens (tertiary/aromatic N) is 2. The SMILES string of the molecule is Cc1cc(SC(C)C(=O)Nc2ccccc2)nc2ccc(S(=O)(=O)N3CCOCC3)cc12. The molecule has 1 aliphatic rings. The van der Waals surface area contributed by atoms with Gasteiger partial charge in [0.1, 0.15) is 0 Å². The number of carbonyl (C=O) groups excluding carboxylic acids is 1. The van der Waals surface area contributed by atoms with E-state index in [-0.39, 0.29) is 16.1 Å². The van der Waals surface area contributed by atoms with Gasteiger partial charge in [0.25, 0.3) is 0 Å². The lowest BCUT2D eigenvalue weighted by molar-refractivity contribution is -0.115. The van der Waals surface area contributed by atoms with E-state index in [1.165, 1.54) is 16.1 Å². The topological polar surface area (TPSA) is 88.6 Å². The Morgan fingerprint density at radius 2 is 1.84 bits per heavy atom. The fourth-order valence-electron chi connectivity index (χ4n) is 3.50. The van der Waals surface area contributed by atoms with Gasteiger partial charge in [-0.05, 0) is 55.8 Å². The molecule has 1 N–H and O–H groups in total. The van der Waals surface area contributed by atoms with Gasteiger partial charge in [0, 0.05) is 24.2 Å². The molecule has 0 radical (unpaired) electrons. The van der Waals surface area contributed by atoms with Crippen molar-refractivity contribution < 1.29 is 17.9 Å². The summed E-state index contributed by atoms with van der Waals surface area (Å²) in [6.45, 7) is 5.29. The minimum atomic E-state index is -3.57. The summed E-state index contributed by atoms with van der Waals surface area (Å²) < 4.78 is 32.7. The van der Waals surface area contributed by atoms with Gasteiger partial charge in [-0.1, -0.05) is 30.0 Å². The van der Waals surface area contributed by atoms with Crippen LogP contribution in [-0.4, -0.2) is 55.2 Å². The first-order valence-corrected chi connectivity index (χ1v) is 12.7. The zero-order chi connectivity index (χ0) is 22.7. The third kappa shape index (κ3) is 4.96. The lowest BCUT2D eigenvalue weighted by Gasteiger charge is -2.26. The van der Waals surface area contributed by atoms with E-state index >= 15 is 0 Å². The minimum absolute atomic E-state index is 0.104. The number of nitrogens with one attached hydrogen (secondary N) is 1. The second kappa shape index (κ2) is 9.58. The number of pyridine rings is 1. The Labute approximate surface area is 192 Å². The van der Waals surface area contributed by atoms with Crippen LogP contribution >= 0.6 is 11.8 Å². The molecule has 0 saturated carbocycles. The number of aromatic nitrogens is 1. The van der Waals surface area contributed by atoms with Crippen LogP contribution in [0.2, 0.25) is 0 Å². The molecule has 1 saturated heterocycles. The van der Waals surface area contributed by atoms with E-state index in [2.05, 4.69) is 10.3 Å². The average molecular weight is 472 g/mol. The summed E-state index contributed by atoms with van der Waals surface area (Å²) >= 11 is 1.37. The first-order valence-electron chi connectivity index (χ1n) is 10.4. The van der Waals surface area contributed by atoms with Crippen LogP contribution in [-0.2, 0) is 19.6 Å². The number of morpholine rings is 1. The number of hydrogen-bond acceptors (Lipinski definition) is 6. The Bertz CT molecular complexity index is 1230. The molecule has 2 heterocycles. The van der Waals surface area contributed by atoms with Crippen LogP contribution in [0.3, 0.4) is 0 Å². The zero-order valence-electron chi connectivity index (χ0n) is 17.9. The van der Waals surface area contributed by atoms with Gasteiger partial charge < -0.3 is 10.1 Å². The maximum Gasteiger partial charge on any atom is 0.243 e. The summed E-state index contributed by atoms with van der Waals surface area (Å²) in [4.78, 5) is 17.4. The smallest absolute Gasteiger partial charge is 0.243 e. The number of hydrogen-bond donors (Lipinski definition) is 1. The number of rotatable bonds is 6. The molecule has 32 heavy (non-hydrogen) atoms. The Hall–Kier alpha value is -2.46. The van der Waals surface area contributed by atoms with Crippen LogP contribution in [0.4, 0.5) is 5.69 Å². The Balaban J connectivity index is 1.53. The number of ether oxygens (including phenoxy) is 1.